The number of hydrogen-bond donors (Lipinski definition) is 5. The van der Waals surface area contributed by atoms with E-state index >= 15 is 0 Å². The summed E-state index contributed by atoms with van der Waals surface area (Å²) in [5.74, 6) is 1.38. The zero-order chi connectivity index (χ0) is 19.4. The first-order chi connectivity index (χ1) is 12.9. The number of rotatable bonds is 6. The minimum Gasteiger partial charge on any atom is -0.457 e. The van der Waals surface area contributed by atoms with Crippen LogP contribution in [0.2, 0.25) is 0 Å². The summed E-state index contributed by atoms with van der Waals surface area (Å²) in [7, 11) is 0. The normalized spacial score (nSPS) is 26.0. The lowest BCUT2D eigenvalue weighted by atomic mass is 9.94. The van der Waals surface area contributed by atoms with Crippen LogP contribution in [0.1, 0.15) is 24.2 Å². The van der Waals surface area contributed by atoms with Gasteiger partial charge in [-0.2, -0.15) is 0 Å². The maximum atomic E-state index is 9.99. The first-order valence-electron chi connectivity index (χ1n) is 8.95. The molecule has 2 aromatic carbocycles. The lowest BCUT2D eigenvalue weighted by molar-refractivity contribution is -0.0567. The summed E-state index contributed by atoms with van der Waals surface area (Å²) in [6.45, 7) is 2.21. The van der Waals surface area contributed by atoms with Gasteiger partial charge in [-0.05, 0) is 42.3 Å². The molecular weight excluding hydrogens is 346 g/mol. The van der Waals surface area contributed by atoms with Crippen molar-refractivity contribution in [1.29, 1.82) is 0 Å². The van der Waals surface area contributed by atoms with Crippen molar-refractivity contribution in [2.75, 3.05) is 0 Å². The Morgan fingerprint density at radius 2 is 1.48 bits per heavy atom. The van der Waals surface area contributed by atoms with Crippen LogP contribution < -0.4 is 10.1 Å². The molecule has 1 aliphatic carbocycles. The summed E-state index contributed by atoms with van der Waals surface area (Å²) in [4.78, 5) is 0. The molecule has 0 bridgehead atoms. The zero-order valence-corrected chi connectivity index (χ0v) is 15.1. The van der Waals surface area contributed by atoms with Crippen molar-refractivity contribution in [3.63, 3.8) is 0 Å². The number of nitrogens with one attached hydrogen (secondary N) is 1. The summed E-state index contributed by atoms with van der Waals surface area (Å²) in [6, 6.07) is 14.4. The molecule has 0 fully saturated rings. The van der Waals surface area contributed by atoms with E-state index in [0.717, 1.165) is 11.1 Å². The van der Waals surface area contributed by atoms with Gasteiger partial charge in [-0.25, -0.2) is 0 Å². The Kier molecular flexibility index (Phi) is 6.26. The van der Waals surface area contributed by atoms with E-state index < -0.39 is 30.5 Å². The summed E-state index contributed by atoms with van der Waals surface area (Å²) >= 11 is 0. The fourth-order valence-electron chi connectivity index (χ4n) is 2.93. The van der Waals surface area contributed by atoms with Gasteiger partial charge in [0.05, 0.1) is 12.1 Å². The van der Waals surface area contributed by atoms with Crippen LogP contribution in [0.3, 0.4) is 0 Å². The van der Waals surface area contributed by atoms with Crippen molar-refractivity contribution in [2.24, 2.45) is 0 Å². The molecule has 0 amide bonds. The molecule has 2 aromatic rings. The molecule has 5 N–H and O–H groups in total. The minimum atomic E-state index is -1.19. The van der Waals surface area contributed by atoms with Crippen LogP contribution in [0.5, 0.6) is 11.5 Å². The van der Waals surface area contributed by atoms with Crippen LogP contribution in [-0.4, -0.2) is 44.8 Å². The molecule has 144 valence electrons. The number of aliphatic hydroxyl groups excluding tert-OH is 4. The summed E-state index contributed by atoms with van der Waals surface area (Å²) in [5, 5.41) is 41.9. The van der Waals surface area contributed by atoms with Gasteiger partial charge in [-0.3, -0.25) is 0 Å². The second-order valence-electron chi connectivity index (χ2n) is 6.75. The quantitative estimate of drug-likeness (QED) is 0.495. The van der Waals surface area contributed by atoms with Gasteiger partial charge in [0, 0.05) is 6.54 Å². The van der Waals surface area contributed by atoms with Gasteiger partial charge in [0.15, 0.2) is 0 Å². The first kappa shape index (κ1) is 19.5. The molecule has 0 spiro atoms. The van der Waals surface area contributed by atoms with E-state index in [1.807, 2.05) is 48.5 Å². The molecular formula is C21H25NO5. The number of hydrogen-bond acceptors (Lipinski definition) is 6. The van der Waals surface area contributed by atoms with Crippen molar-refractivity contribution < 1.29 is 25.2 Å². The molecule has 6 nitrogen and oxygen atoms in total. The lowest BCUT2D eigenvalue weighted by Crippen LogP contribution is -2.51. The topological polar surface area (TPSA) is 102 Å². The average Bonchev–Trinajstić information content (AvgIpc) is 2.67. The van der Waals surface area contributed by atoms with E-state index in [1.54, 1.807) is 13.0 Å². The molecule has 0 aromatic heterocycles. The van der Waals surface area contributed by atoms with Crippen LogP contribution >= 0.6 is 0 Å². The summed E-state index contributed by atoms with van der Waals surface area (Å²) in [6.07, 6.45) is -0.650. The highest BCUT2D eigenvalue weighted by Gasteiger charge is 2.32. The molecule has 6 heteroatoms. The van der Waals surface area contributed by atoms with E-state index in [0.29, 0.717) is 18.0 Å². The Morgan fingerprint density at radius 3 is 2.07 bits per heavy atom. The number of benzene rings is 2. The standard InChI is InChI=1S/C21H25NO5/c1-13(23)15-4-8-17(9-5-15)27-16-6-2-14(3-7-16)12-22-18-10-11-19(24)21(26)20(18)25/h2-11,13,18-26H,12H2,1H3/t13?,18-,19-,20+,21+/m1/s1. The van der Waals surface area contributed by atoms with Gasteiger partial charge in [-0.15, -0.1) is 0 Å². The molecule has 1 aliphatic rings. The second-order valence-corrected chi connectivity index (χ2v) is 6.75. The van der Waals surface area contributed by atoms with Crippen LogP contribution in [0, 0.1) is 0 Å². The van der Waals surface area contributed by atoms with Gasteiger partial charge >= 0.3 is 0 Å². The Morgan fingerprint density at radius 1 is 0.889 bits per heavy atom. The predicted octanol–water partition coefficient (Wildman–Crippen LogP) is 1.64. The van der Waals surface area contributed by atoms with Gasteiger partial charge in [-0.1, -0.05) is 36.4 Å². The highest BCUT2D eigenvalue weighted by atomic mass is 16.5. The Balaban J connectivity index is 1.55. The van der Waals surface area contributed by atoms with E-state index in [-0.39, 0.29) is 0 Å². The minimum absolute atomic E-state index is 0.424. The molecule has 0 saturated carbocycles. The van der Waals surface area contributed by atoms with Crippen molar-refractivity contribution in [1.82, 2.24) is 5.32 Å². The zero-order valence-electron chi connectivity index (χ0n) is 15.1. The first-order valence-corrected chi connectivity index (χ1v) is 8.95. The number of ether oxygens (including phenoxy) is 1. The number of aliphatic hydroxyl groups is 4. The third kappa shape index (κ3) is 4.94. The maximum Gasteiger partial charge on any atom is 0.127 e. The highest BCUT2D eigenvalue weighted by molar-refractivity contribution is 5.35. The van der Waals surface area contributed by atoms with E-state index in [2.05, 4.69) is 5.32 Å². The van der Waals surface area contributed by atoms with E-state index in [9.17, 15) is 20.4 Å². The van der Waals surface area contributed by atoms with Crippen molar-refractivity contribution in [2.45, 2.75) is 43.9 Å². The molecule has 27 heavy (non-hydrogen) atoms. The molecule has 0 heterocycles. The second kappa shape index (κ2) is 8.65. The summed E-state index contributed by atoms with van der Waals surface area (Å²) < 4.78 is 5.79. The molecule has 0 saturated heterocycles. The molecule has 5 atom stereocenters. The van der Waals surface area contributed by atoms with Crippen LogP contribution in [-0.2, 0) is 6.54 Å². The van der Waals surface area contributed by atoms with Crippen molar-refractivity contribution >= 4 is 0 Å². The van der Waals surface area contributed by atoms with Gasteiger partial charge in [0.1, 0.15) is 29.8 Å². The third-order valence-corrected chi connectivity index (χ3v) is 4.65. The average molecular weight is 371 g/mol. The molecule has 0 radical (unpaired) electrons. The van der Waals surface area contributed by atoms with Crippen LogP contribution in [0.25, 0.3) is 0 Å². The van der Waals surface area contributed by atoms with Crippen LogP contribution in [0.15, 0.2) is 60.7 Å². The van der Waals surface area contributed by atoms with Crippen LogP contribution in [0.4, 0.5) is 0 Å². The smallest absolute Gasteiger partial charge is 0.127 e. The summed E-state index contributed by atoms with van der Waals surface area (Å²) in [5.41, 5.74) is 1.83. The molecule has 3 rings (SSSR count). The fraction of sp³-hybridized carbons (Fsp3) is 0.333. The van der Waals surface area contributed by atoms with Gasteiger partial charge in [0.2, 0.25) is 0 Å². The van der Waals surface area contributed by atoms with Crippen molar-refractivity contribution in [3.05, 3.63) is 71.8 Å². The maximum absolute atomic E-state index is 9.99. The monoisotopic (exact) mass is 371 g/mol. The Labute approximate surface area is 158 Å². The van der Waals surface area contributed by atoms with Crippen molar-refractivity contribution in [3.8, 4) is 11.5 Å². The Hall–Kier alpha value is -2.22. The molecule has 1 unspecified atom stereocenters. The van der Waals surface area contributed by atoms with E-state index in [4.69, 9.17) is 4.74 Å². The van der Waals surface area contributed by atoms with Gasteiger partial charge in [0.25, 0.3) is 0 Å². The predicted molar refractivity (Wildman–Crippen MR) is 101 cm³/mol. The third-order valence-electron chi connectivity index (χ3n) is 4.65. The highest BCUT2D eigenvalue weighted by Crippen LogP contribution is 2.24. The Bertz CT molecular complexity index is 757. The largest absolute Gasteiger partial charge is 0.457 e. The lowest BCUT2D eigenvalue weighted by Gasteiger charge is -2.31. The van der Waals surface area contributed by atoms with E-state index in [1.165, 1.54) is 6.08 Å². The van der Waals surface area contributed by atoms with Gasteiger partial charge < -0.3 is 30.5 Å². The fourth-order valence-corrected chi connectivity index (χ4v) is 2.93. The molecule has 0 aliphatic heterocycles. The SMILES string of the molecule is CC(O)c1ccc(Oc2ccc(CN[C@@H]3C=C[C@@H](O)[C@H](O)[C@H]3O)cc2)cc1.